The monoisotopic (exact) mass is 541 g/mol. The molecule has 0 aromatic heterocycles. The van der Waals surface area contributed by atoms with E-state index in [0.717, 1.165) is 11.1 Å². The second kappa shape index (κ2) is 12.5. The second-order valence-corrected chi connectivity index (χ2v) is 7.98. The highest BCUT2D eigenvalue weighted by atomic mass is 79.9. The van der Waals surface area contributed by atoms with Gasteiger partial charge in [0, 0.05) is 17.7 Å². The molecular formula is C25H24BrN3O6. The van der Waals surface area contributed by atoms with Crippen molar-refractivity contribution in [3.8, 4) is 17.2 Å². The fourth-order valence-corrected chi connectivity index (χ4v) is 3.52. The molecule has 0 bridgehead atoms. The Morgan fingerprint density at radius 1 is 0.971 bits per heavy atom. The standard InChI is InChI=1S/C25H24BrN3O6/c1-3-33-23-12-8-19(14-24(23)34-4-2)25(30)28-27-15-18-7-11-22(21(26)13-18)35-16-17-5-9-20(10-6-17)29(31)32/h5-15H,3-4,16H2,1-2H3,(H,28,30)/b27-15+. The summed E-state index contributed by atoms with van der Waals surface area (Å²) in [6.45, 7) is 4.93. The molecule has 0 fully saturated rings. The third-order valence-electron chi connectivity index (χ3n) is 4.68. The molecule has 0 saturated carbocycles. The summed E-state index contributed by atoms with van der Waals surface area (Å²) in [5, 5.41) is 14.8. The highest BCUT2D eigenvalue weighted by Gasteiger charge is 2.11. The summed E-state index contributed by atoms with van der Waals surface area (Å²) in [5.41, 5.74) is 4.47. The Morgan fingerprint density at radius 2 is 1.66 bits per heavy atom. The first kappa shape index (κ1) is 25.7. The zero-order valence-corrected chi connectivity index (χ0v) is 20.8. The van der Waals surface area contributed by atoms with Crippen molar-refractivity contribution in [2.45, 2.75) is 20.5 Å². The number of hydrogen-bond donors (Lipinski definition) is 1. The van der Waals surface area contributed by atoms with Gasteiger partial charge >= 0.3 is 0 Å². The smallest absolute Gasteiger partial charge is 0.271 e. The number of carbonyl (C=O) groups is 1. The average molecular weight is 542 g/mol. The minimum Gasteiger partial charge on any atom is -0.490 e. The van der Waals surface area contributed by atoms with Crippen LogP contribution in [-0.4, -0.2) is 30.3 Å². The van der Waals surface area contributed by atoms with E-state index in [9.17, 15) is 14.9 Å². The summed E-state index contributed by atoms with van der Waals surface area (Å²) in [7, 11) is 0. The zero-order chi connectivity index (χ0) is 25.2. The van der Waals surface area contributed by atoms with Crippen molar-refractivity contribution in [3.05, 3.63) is 91.9 Å². The maximum absolute atomic E-state index is 12.5. The molecule has 0 aliphatic carbocycles. The topological polar surface area (TPSA) is 112 Å². The Labute approximate surface area is 211 Å². The Bertz CT molecular complexity index is 1210. The molecule has 0 saturated heterocycles. The van der Waals surface area contributed by atoms with Crippen molar-refractivity contribution in [1.29, 1.82) is 0 Å². The molecular weight excluding hydrogens is 518 g/mol. The predicted octanol–water partition coefficient (Wildman–Crippen LogP) is 5.50. The number of ether oxygens (including phenoxy) is 3. The van der Waals surface area contributed by atoms with Crippen LogP contribution in [0, 0.1) is 10.1 Å². The number of amides is 1. The van der Waals surface area contributed by atoms with E-state index in [2.05, 4.69) is 26.5 Å². The van der Waals surface area contributed by atoms with Gasteiger partial charge in [-0.3, -0.25) is 14.9 Å². The molecule has 0 aliphatic heterocycles. The van der Waals surface area contributed by atoms with Crippen molar-refractivity contribution >= 4 is 33.7 Å². The van der Waals surface area contributed by atoms with Crippen molar-refractivity contribution in [2.24, 2.45) is 5.10 Å². The number of hydrogen-bond acceptors (Lipinski definition) is 7. The van der Waals surface area contributed by atoms with Crippen LogP contribution < -0.4 is 19.6 Å². The molecule has 3 aromatic rings. The molecule has 0 radical (unpaired) electrons. The van der Waals surface area contributed by atoms with Gasteiger partial charge in [0.25, 0.3) is 11.6 Å². The quantitative estimate of drug-likeness (QED) is 0.195. The number of nitrogens with zero attached hydrogens (tertiary/aromatic N) is 2. The molecule has 0 aliphatic rings. The van der Waals surface area contributed by atoms with Gasteiger partial charge in [-0.2, -0.15) is 5.10 Å². The number of rotatable bonds is 11. The maximum Gasteiger partial charge on any atom is 0.271 e. The number of nitro benzene ring substituents is 1. The number of nitro groups is 1. The molecule has 3 aromatic carbocycles. The number of hydrazone groups is 1. The molecule has 182 valence electrons. The third-order valence-corrected chi connectivity index (χ3v) is 5.30. The van der Waals surface area contributed by atoms with Crippen molar-refractivity contribution in [1.82, 2.24) is 5.43 Å². The summed E-state index contributed by atoms with van der Waals surface area (Å²) < 4.78 is 17.5. The van der Waals surface area contributed by atoms with Crippen LogP contribution >= 0.6 is 15.9 Å². The Balaban J connectivity index is 1.58. The fraction of sp³-hybridized carbons (Fsp3) is 0.200. The van der Waals surface area contributed by atoms with E-state index < -0.39 is 4.92 Å². The van der Waals surface area contributed by atoms with Crippen LogP contribution in [0.15, 0.2) is 70.2 Å². The van der Waals surface area contributed by atoms with Crippen molar-refractivity contribution in [3.63, 3.8) is 0 Å². The molecule has 0 atom stereocenters. The Kier molecular flexibility index (Phi) is 9.19. The number of nitrogens with one attached hydrogen (secondary N) is 1. The first-order chi connectivity index (χ1) is 16.9. The van der Waals surface area contributed by atoms with Crippen molar-refractivity contribution < 1.29 is 23.9 Å². The van der Waals surface area contributed by atoms with Gasteiger partial charge in [-0.05, 0) is 89.4 Å². The molecule has 10 heteroatoms. The van der Waals surface area contributed by atoms with Crippen LogP contribution in [0.4, 0.5) is 5.69 Å². The van der Waals surface area contributed by atoms with E-state index in [4.69, 9.17) is 14.2 Å². The highest BCUT2D eigenvalue weighted by molar-refractivity contribution is 9.10. The van der Waals surface area contributed by atoms with Crippen molar-refractivity contribution in [2.75, 3.05) is 13.2 Å². The number of halogens is 1. The number of non-ortho nitro benzene ring substituents is 1. The van der Waals surface area contributed by atoms with Gasteiger partial charge < -0.3 is 14.2 Å². The number of benzene rings is 3. The van der Waals surface area contributed by atoms with Crippen LogP contribution in [0.2, 0.25) is 0 Å². The van der Waals surface area contributed by atoms with E-state index in [1.165, 1.54) is 18.3 Å². The highest BCUT2D eigenvalue weighted by Crippen LogP contribution is 2.29. The maximum atomic E-state index is 12.5. The third kappa shape index (κ3) is 7.28. The van der Waals surface area contributed by atoms with Crippen LogP contribution in [0.1, 0.15) is 35.3 Å². The van der Waals surface area contributed by atoms with E-state index in [1.54, 1.807) is 48.5 Å². The van der Waals surface area contributed by atoms with Crippen LogP contribution in [-0.2, 0) is 6.61 Å². The molecule has 0 unspecified atom stereocenters. The van der Waals surface area contributed by atoms with E-state index in [1.807, 2.05) is 13.8 Å². The molecule has 35 heavy (non-hydrogen) atoms. The minimum absolute atomic E-state index is 0.0305. The Morgan fingerprint density at radius 3 is 2.31 bits per heavy atom. The lowest BCUT2D eigenvalue weighted by Crippen LogP contribution is -2.17. The van der Waals surface area contributed by atoms with E-state index >= 15 is 0 Å². The van der Waals surface area contributed by atoms with Gasteiger partial charge in [0.2, 0.25) is 0 Å². The first-order valence-electron chi connectivity index (χ1n) is 10.8. The van der Waals surface area contributed by atoms with Gasteiger partial charge in [-0.25, -0.2) is 5.43 Å². The summed E-state index contributed by atoms with van der Waals surface area (Å²) in [5.74, 6) is 1.30. The Hall–Kier alpha value is -3.92. The van der Waals surface area contributed by atoms with Gasteiger partial charge in [-0.1, -0.05) is 0 Å². The lowest BCUT2D eigenvalue weighted by atomic mass is 10.2. The second-order valence-electron chi connectivity index (χ2n) is 7.13. The SMILES string of the molecule is CCOc1ccc(C(=O)N/N=C/c2ccc(OCc3ccc([N+](=O)[O-])cc3)c(Br)c2)cc1OCC. The first-order valence-corrected chi connectivity index (χ1v) is 11.6. The molecule has 1 N–H and O–H groups in total. The fourth-order valence-electron chi connectivity index (χ4n) is 3.01. The average Bonchev–Trinajstić information content (AvgIpc) is 2.85. The molecule has 0 spiro atoms. The molecule has 9 nitrogen and oxygen atoms in total. The number of carbonyl (C=O) groups excluding carboxylic acids is 1. The van der Waals surface area contributed by atoms with Gasteiger partial charge in [0.1, 0.15) is 12.4 Å². The summed E-state index contributed by atoms with van der Waals surface area (Å²) in [6.07, 6.45) is 1.51. The summed E-state index contributed by atoms with van der Waals surface area (Å²) in [6, 6.07) is 16.5. The summed E-state index contributed by atoms with van der Waals surface area (Å²) >= 11 is 3.46. The zero-order valence-electron chi connectivity index (χ0n) is 19.2. The van der Waals surface area contributed by atoms with Gasteiger partial charge in [0.05, 0.1) is 28.8 Å². The minimum atomic E-state index is -0.444. The molecule has 3 rings (SSSR count). The lowest BCUT2D eigenvalue weighted by molar-refractivity contribution is -0.384. The van der Waals surface area contributed by atoms with E-state index in [-0.39, 0.29) is 18.2 Å². The van der Waals surface area contributed by atoms with Gasteiger partial charge in [-0.15, -0.1) is 0 Å². The van der Waals surface area contributed by atoms with Gasteiger partial charge in [0.15, 0.2) is 11.5 Å². The van der Waals surface area contributed by atoms with Crippen LogP contribution in [0.3, 0.4) is 0 Å². The molecule has 0 heterocycles. The largest absolute Gasteiger partial charge is 0.490 e. The van der Waals surface area contributed by atoms with Crippen LogP contribution in [0.25, 0.3) is 0 Å². The molecule has 1 amide bonds. The van der Waals surface area contributed by atoms with E-state index in [0.29, 0.717) is 40.5 Å². The summed E-state index contributed by atoms with van der Waals surface area (Å²) in [4.78, 5) is 22.8. The predicted molar refractivity (Wildman–Crippen MR) is 135 cm³/mol. The lowest BCUT2D eigenvalue weighted by Gasteiger charge is -2.11. The van der Waals surface area contributed by atoms with Crippen LogP contribution in [0.5, 0.6) is 17.2 Å². The normalized spacial score (nSPS) is 10.7.